The zero-order valence-electron chi connectivity index (χ0n) is 13.7. The smallest absolute Gasteiger partial charge is 0.256 e. The number of rotatable bonds is 3. The number of carbonyl (C=O) groups excluding carboxylic acids is 1. The Morgan fingerprint density at radius 3 is 2.32 bits per heavy atom. The van der Waals surface area contributed by atoms with E-state index in [1.54, 1.807) is 0 Å². The molecule has 1 fully saturated rings. The van der Waals surface area contributed by atoms with Gasteiger partial charge in [0.15, 0.2) is 0 Å². The summed E-state index contributed by atoms with van der Waals surface area (Å²) >= 11 is 0. The summed E-state index contributed by atoms with van der Waals surface area (Å²) in [6.07, 6.45) is 1.50. The zero-order chi connectivity index (χ0) is 17.1. The van der Waals surface area contributed by atoms with Crippen LogP contribution in [-0.2, 0) is 0 Å². The van der Waals surface area contributed by atoms with Gasteiger partial charge in [0, 0.05) is 31.9 Å². The van der Waals surface area contributed by atoms with Crippen molar-refractivity contribution in [3.05, 3.63) is 66.5 Å². The molecule has 25 heavy (non-hydrogen) atoms. The van der Waals surface area contributed by atoms with Crippen molar-refractivity contribution in [2.75, 3.05) is 31.1 Å². The minimum atomic E-state index is 0.0128. The van der Waals surface area contributed by atoms with Crippen molar-refractivity contribution in [3.8, 4) is 5.69 Å². The third kappa shape index (κ3) is 3.08. The van der Waals surface area contributed by atoms with Gasteiger partial charge in [-0.1, -0.05) is 30.3 Å². The quantitative estimate of drug-likeness (QED) is 0.728. The second-order valence-corrected chi connectivity index (χ2v) is 5.89. The van der Waals surface area contributed by atoms with E-state index >= 15 is 0 Å². The SMILES string of the molecule is O=C(c1ccccc1-n1cnnn1)N1CCN(c2ccccc2)CC1. The van der Waals surface area contributed by atoms with Gasteiger partial charge in [0.1, 0.15) is 6.33 Å². The molecule has 7 nitrogen and oxygen atoms in total. The first-order valence-electron chi connectivity index (χ1n) is 8.24. The largest absolute Gasteiger partial charge is 0.368 e. The maximum atomic E-state index is 13.0. The van der Waals surface area contributed by atoms with Gasteiger partial charge in [-0.05, 0) is 34.7 Å². The molecule has 2 aromatic carbocycles. The van der Waals surface area contributed by atoms with Crippen LogP contribution in [0.25, 0.3) is 5.69 Å². The number of tetrazole rings is 1. The number of para-hydroxylation sites is 2. The first-order valence-corrected chi connectivity index (χ1v) is 8.24. The second-order valence-electron chi connectivity index (χ2n) is 5.89. The molecule has 0 aliphatic carbocycles. The van der Waals surface area contributed by atoms with E-state index in [9.17, 15) is 4.79 Å². The Morgan fingerprint density at radius 1 is 0.880 bits per heavy atom. The van der Waals surface area contributed by atoms with Gasteiger partial charge in [0.25, 0.3) is 5.91 Å². The molecule has 0 saturated carbocycles. The number of hydrogen-bond donors (Lipinski definition) is 0. The predicted molar refractivity (Wildman–Crippen MR) is 93.7 cm³/mol. The van der Waals surface area contributed by atoms with E-state index in [0.717, 1.165) is 13.1 Å². The number of benzene rings is 2. The van der Waals surface area contributed by atoms with Gasteiger partial charge in [-0.25, -0.2) is 0 Å². The molecule has 2 heterocycles. The molecule has 0 N–H and O–H groups in total. The summed E-state index contributed by atoms with van der Waals surface area (Å²) in [6, 6.07) is 17.7. The topological polar surface area (TPSA) is 67.2 Å². The number of hydrogen-bond acceptors (Lipinski definition) is 5. The molecule has 1 saturated heterocycles. The molecule has 0 unspecified atom stereocenters. The molecule has 1 aromatic heterocycles. The maximum Gasteiger partial charge on any atom is 0.256 e. The molecule has 1 aliphatic heterocycles. The molecule has 1 aliphatic rings. The number of nitrogens with zero attached hydrogens (tertiary/aromatic N) is 6. The lowest BCUT2D eigenvalue weighted by molar-refractivity contribution is 0.0746. The zero-order valence-corrected chi connectivity index (χ0v) is 13.7. The summed E-state index contributed by atoms with van der Waals surface area (Å²) in [7, 11) is 0. The van der Waals surface area contributed by atoms with E-state index in [-0.39, 0.29) is 5.91 Å². The summed E-state index contributed by atoms with van der Waals surface area (Å²) in [4.78, 5) is 17.2. The van der Waals surface area contributed by atoms with E-state index in [2.05, 4.69) is 32.6 Å². The van der Waals surface area contributed by atoms with Crippen LogP contribution < -0.4 is 4.90 Å². The van der Waals surface area contributed by atoms with E-state index in [4.69, 9.17) is 0 Å². The van der Waals surface area contributed by atoms with Crippen LogP contribution in [-0.4, -0.2) is 57.2 Å². The molecule has 126 valence electrons. The Bertz CT molecular complexity index is 841. The number of amides is 1. The minimum Gasteiger partial charge on any atom is -0.368 e. The van der Waals surface area contributed by atoms with Crippen LogP contribution in [0.1, 0.15) is 10.4 Å². The van der Waals surface area contributed by atoms with E-state index < -0.39 is 0 Å². The van der Waals surface area contributed by atoms with Gasteiger partial charge < -0.3 is 9.80 Å². The van der Waals surface area contributed by atoms with Crippen LogP contribution in [0, 0.1) is 0 Å². The molecule has 7 heteroatoms. The lowest BCUT2D eigenvalue weighted by Crippen LogP contribution is -2.49. The fourth-order valence-electron chi connectivity index (χ4n) is 3.10. The third-order valence-electron chi connectivity index (χ3n) is 4.42. The second kappa shape index (κ2) is 6.72. The molecule has 4 rings (SSSR count). The molecule has 0 atom stereocenters. The number of aromatic nitrogens is 4. The highest BCUT2D eigenvalue weighted by Crippen LogP contribution is 2.19. The Kier molecular flexibility index (Phi) is 4.12. The highest BCUT2D eigenvalue weighted by molar-refractivity contribution is 5.97. The Labute approximate surface area is 145 Å². The van der Waals surface area contributed by atoms with Gasteiger partial charge in [-0.3, -0.25) is 4.79 Å². The minimum absolute atomic E-state index is 0.0128. The van der Waals surface area contributed by atoms with Gasteiger partial charge in [-0.2, -0.15) is 4.68 Å². The Morgan fingerprint density at radius 2 is 1.60 bits per heavy atom. The van der Waals surface area contributed by atoms with Crippen LogP contribution in [0.2, 0.25) is 0 Å². The predicted octanol–water partition coefficient (Wildman–Crippen LogP) is 1.62. The summed E-state index contributed by atoms with van der Waals surface area (Å²) in [5.41, 5.74) is 2.51. The molecule has 1 amide bonds. The van der Waals surface area contributed by atoms with E-state index in [1.165, 1.54) is 16.7 Å². The van der Waals surface area contributed by atoms with Crippen molar-refractivity contribution < 1.29 is 4.79 Å². The highest BCUT2D eigenvalue weighted by atomic mass is 16.2. The molecule has 0 bridgehead atoms. The van der Waals surface area contributed by atoms with Gasteiger partial charge in [0.05, 0.1) is 11.3 Å². The normalized spacial score (nSPS) is 14.6. The summed E-state index contributed by atoms with van der Waals surface area (Å²) in [5, 5.41) is 11.2. The molecular formula is C18H18N6O. The summed E-state index contributed by atoms with van der Waals surface area (Å²) in [6.45, 7) is 3.03. The third-order valence-corrected chi connectivity index (χ3v) is 4.42. The summed E-state index contributed by atoms with van der Waals surface area (Å²) in [5.74, 6) is 0.0128. The fraction of sp³-hybridized carbons (Fsp3) is 0.222. The van der Waals surface area contributed by atoms with Crippen molar-refractivity contribution in [2.24, 2.45) is 0 Å². The monoisotopic (exact) mass is 334 g/mol. The average Bonchev–Trinajstić information content (AvgIpc) is 3.23. The number of carbonyl (C=O) groups is 1. The number of anilines is 1. The molecule has 0 spiro atoms. The first-order chi connectivity index (χ1) is 12.3. The Hall–Kier alpha value is -3.22. The van der Waals surface area contributed by atoms with Crippen LogP contribution in [0.3, 0.4) is 0 Å². The standard InChI is InChI=1S/C18H18N6O/c25-18(16-8-4-5-9-17(16)24-14-19-20-21-24)23-12-10-22(11-13-23)15-6-2-1-3-7-15/h1-9,14H,10-13H2. The van der Waals surface area contributed by atoms with Crippen molar-refractivity contribution >= 4 is 11.6 Å². The van der Waals surface area contributed by atoms with Crippen molar-refractivity contribution in [2.45, 2.75) is 0 Å². The van der Waals surface area contributed by atoms with E-state index in [0.29, 0.717) is 24.3 Å². The lowest BCUT2D eigenvalue weighted by Gasteiger charge is -2.36. The Balaban J connectivity index is 1.50. The first kappa shape index (κ1) is 15.3. The average molecular weight is 334 g/mol. The molecule has 3 aromatic rings. The van der Waals surface area contributed by atoms with Crippen molar-refractivity contribution in [1.29, 1.82) is 0 Å². The van der Waals surface area contributed by atoms with Crippen LogP contribution >= 0.6 is 0 Å². The van der Waals surface area contributed by atoms with Gasteiger partial charge in [-0.15, -0.1) is 5.10 Å². The summed E-state index contributed by atoms with van der Waals surface area (Å²) < 4.78 is 1.52. The molecular weight excluding hydrogens is 316 g/mol. The van der Waals surface area contributed by atoms with Gasteiger partial charge >= 0.3 is 0 Å². The van der Waals surface area contributed by atoms with E-state index in [1.807, 2.05) is 47.4 Å². The van der Waals surface area contributed by atoms with Gasteiger partial charge in [0.2, 0.25) is 0 Å². The van der Waals surface area contributed by atoms with Crippen molar-refractivity contribution in [1.82, 2.24) is 25.1 Å². The lowest BCUT2D eigenvalue weighted by atomic mass is 10.1. The van der Waals surface area contributed by atoms with Crippen LogP contribution in [0.4, 0.5) is 5.69 Å². The molecule has 0 radical (unpaired) electrons. The van der Waals surface area contributed by atoms with Crippen LogP contribution in [0.5, 0.6) is 0 Å². The van der Waals surface area contributed by atoms with Crippen LogP contribution in [0.15, 0.2) is 60.9 Å². The highest BCUT2D eigenvalue weighted by Gasteiger charge is 2.24. The fourth-order valence-corrected chi connectivity index (χ4v) is 3.10. The number of piperazine rings is 1. The maximum absolute atomic E-state index is 13.0. The van der Waals surface area contributed by atoms with Crippen molar-refractivity contribution in [3.63, 3.8) is 0 Å².